The maximum atomic E-state index is 10.7. The van der Waals surface area contributed by atoms with Crippen LogP contribution in [0.25, 0.3) is 0 Å². The number of hydrogen-bond donors (Lipinski definition) is 0. The van der Waals surface area contributed by atoms with Crippen LogP contribution in [0.1, 0.15) is 6.92 Å². The zero-order chi connectivity index (χ0) is 8.91. The average Bonchev–Trinajstić information content (AvgIpc) is 2.00. The van der Waals surface area contributed by atoms with E-state index in [0.29, 0.717) is 0 Å². The van der Waals surface area contributed by atoms with Crippen LogP contribution >= 0.6 is 0 Å². The number of esters is 1. The summed E-state index contributed by atoms with van der Waals surface area (Å²) in [7, 11) is -3.22. The normalized spacial score (nSPS) is 10.6. The number of rotatable bonds is 4. The summed E-state index contributed by atoms with van der Waals surface area (Å²) >= 11 is 0. The third-order valence-electron chi connectivity index (χ3n) is 0.987. The molecule has 0 fully saturated rings. The summed E-state index contributed by atoms with van der Waals surface area (Å²) in [6.45, 7) is 4.60. The topological polar surface area (TPSA) is 60.4 Å². The third kappa shape index (κ3) is 4.55. The monoisotopic (exact) mass is 178 g/mol. The van der Waals surface area contributed by atoms with Gasteiger partial charge >= 0.3 is 5.97 Å². The lowest BCUT2D eigenvalue weighted by atomic mass is 10.7. The highest BCUT2D eigenvalue weighted by atomic mass is 32.2. The maximum Gasteiger partial charge on any atom is 0.331 e. The molecule has 0 N–H and O–H groups in total. The molecule has 0 aliphatic rings. The third-order valence-corrected chi connectivity index (χ3v) is 2.34. The molecule has 0 saturated carbocycles. The van der Waals surface area contributed by atoms with Gasteiger partial charge in [0.05, 0.1) is 5.75 Å². The van der Waals surface area contributed by atoms with Crippen molar-refractivity contribution in [2.75, 3.05) is 11.7 Å². The van der Waals surface area contributed by atoms with E-state index < -0.39 is 21.7 Å². The molecule has 0 spiro atoms. The Hall–Kier alpha value is -0.840. The molecular formula is C6H10O4S. The predicted octanol–water partition coefficient (Wildman–Crippen LogP) is 0.108. The van der Waals surface area contributed by atoms with Crippen LogP contribution in [0, 0.1) is 0 Å². The Kier molecular flexibility index (Phi) is 3.81. The molecule has 0 saturated heterocycles. The van der Waals surface area contributed by atoms with Crippen LogP contribution in [0.4, 0.5) is 0 Å². The van der Waals surface area contributed by atoms with Gasteiger partial charge in [-0.05, 0) is 0 Å². The van der Waals surface area contributed by atoms with Crippen molar-refractivity contribution in [3.8, 4) is 0 Å². The second-order valence-electron chi connectivity index (χ2n) is 1.82. The lowest BCUT2D eigenvalue weighted by Gasteiger charge is -1.99. The second kappa shape index (κ2) is 4.12. The van der Waals surface area contributed by atoms with Gasteiger partial charge in [0.25, 0.3) is 0 Å². The van der Waals surface area contributed by atoms with Gasteiger partial charge in [0, 0.05) is 6.08 Å². The molecule has 5 heteroatoms. The predicted molar refractivity (Wildman–Crippen MR) is 40.6 cm³/mol. The summed E-state index contributed by atoms with van der Waals surface area (Å²) in [6, 6.07) is 0. The van der Waals surface area contributed by atoms with Crippen molar-refractivity contribution < 1.29 is 17.9 Å². The van der Waals surface area contributed by atoms with E-state index in [1.807, 2.05) is 0 Å². The van der Waals surface area contributed by atoms with E-state index in [1.165, 1.54) is 6.92 Å². The quantitative estimate of drug-likeness (QED) is 0.452. The van der Waals surface area contributed by atoms with Crippen molar-refractivity contribution in [3.05, 3.63) is 12.7 Å². The number of ether oxygens (including phenoxy) is 1. The standard InChI is InChI=1S/C6H10O4S/c1-3-6(7)10-5-11(8,9)4-2/h3H,1,4-5H2,2H3. The Morgan fingerprint density at radius 3 is 2.55 bits per heavy atom. The number of hydrogen-bond acceptors (Lipinski definition) is 4. The van der Waals surface area contributed by atoms with Crippen LogP contribution in [0.15, 0.2) is 12.7 Å². The Morgan fingerprint density at radius 2 is 2.18 bits per heavy atom. The molecule has 0 bridgehead atoms. The minimum atomic E-state index is -3.22. The van der Waals surface area contributed by atoms with E-state index >= 15 is 0 Å². The number of carbonyl (C=O) groups excluding carboxylic acids is 1. The molecule has 0 aliphatic carbocycles. The van der Waals surface area contributed by atoms with E-state index in [2.05, 4.69) is 11.3 Å². The van der Waals surface area contributed by atoms with Crippen LogP contribution < -0.4 is 0 Å². The molecule has 0 amide bonds. The van der Waals surface area contributed by atoms with Gasteiger partial charge in [0.1, 0.15) is 0 Å². The summed E-state index contributed by atoms with van der Waals surface area (Å²) in [6.07, 6.45) is 0.922. The molecule has 0 aromatic carbocycles. The molecule has 0 radical (unpaired) electrons. The first kappa shape index (κ1) is 10.2. The van der Waals surface area contributed by atoms with Gasteiger partial charge in [-0.15, -0.1) is 0 Å². The van der Waals surface area contributed by atoms with Gasteiger partial charge in [-0.2, -0.15) is 0 Å². The first-order chi connectivity index (χ1) is 5.02. The molecule has 0 aromatic heterocycles. The Labute approximate surface area is 65.8 Å². The molecule has 0 rings (SSSR count). The molecule has 0 atom stereocenters. The highest BCUT2D eigenvalue weighted by Gasteiger charge is 2.08. The maximum absolute atomic E-state index is 10.7. The molecule has 64 valence electrons. The van der Waals surface area contributed by atoms with Crippen molar-refractivity contribution in [2.45, 2.75) is 6.92 Å². The minimum absolute atomic E-state index is 0.0303. The van der Waals surface area contributed by atoms with Gasteiger partial charge in [-0.25, -0.2) is 13.2 Å². The Balaban J connectivity index is 3.90. The summed E-state index contributed by atoms with van der Waals surface area (Å²) in [5.41, 5.74) is 0. The van der Waals surface area contributed by atoms with Crippen molar-refractivity contribution >= 4 is 15.8 Å². The molecule has 0 heterocycles. The summed E-state index contributed by atoms with van der Waals surface area (Å²) < 4.78 is 25.7. The van der Waals surface area contributed by atoms with Gasteiger partial charge in [0.15, 0.2) is 15.8 Å². The number of sulfone groups is 1. The molecule has 0 aromatic rings. The highest BCUT2D eigenvalue weighted by Crippen LogP contribution is 1.91. The molecule has 0 unspecified atom stereocenters. The van der Waals surface area contributed by atoms with E-state index in [0.717, 1.165) is 6.08 Å². The fraction of sp³-hybridized carbons (Fsp3) is 0.500. The van der Waals surface area contributed by atoms with Crippen LogP contribution in [-0.4, -0.2) is 26.1 Å². The average molecular weight is 178 g/mol. The second-order valence-corrected chi connectivity index (χ2v) is 4.12. The van der Waals surface area contributed by atoms with Gasteiger partial charge in [0.2, 0.25) is 0 Å². The summed E-state index contributed by atoms with van der Waals surface area (Å²) in [4.78, 5) is 10.4. The van der Waals surface area contributed by atoms with Crippen LogP contribution in [0.5, 0.6) is 0 Å². The molecule has 11 heavy (non-hydrogen) atoms. The van der Waals surface area contributed by atoms with Crippen LogP contribution in [0.3, 0.4) is 0 Å². The SMILES string of the molecule is C=CC(=O)OCS(=O)(=O)CC. The lowest BCUT2D eigenvalue weighted by Crippen LogP contribution is -2.14. The highest BCUT2D eigenvalue weighted by molar-refractivity contribution is 7.91. The molecule has 0 aliphatic heterocycles. The van der Waals surface area contributed by atoms with E-state index in [1.54, 1.807) is 0 Å². The number of carbonyl (C=O) groups is 1. The zero-order valence-corrected chi connectivity index (χ0v) is 7.06. The minimum Gasteiger partial charge on any atom is -0.446 e. The van der Waals surface area contributed by atoms with Crippen LogP contribution in [-0.2, 0) is 19.4 Å². The van der Waals surface area contributed by atoms with Gasteiger partial charge < -0.3 is 4.74 Å². The van der Waals surface area contributed by atoms with Crippen LogP contribution in [0.2, 0.25) is 0 Å². The van der Waals surface area contributed by atoms with E-state index in [-0.39, 0.29) is 5.75 Å². The van der Waals surface area contributed by atoms with Crippen molar-refractivity contribution in [2.24, 2.45) is 0 Å². The van der Waals surface area contributed by atoms with Crippen molar-refractivity contribution in [1.29, 1.82) is 0 Å². The molecular weight excluding hydrogens is 168 g/mol. The fourth-order valence-corrected chi connectivity index (χ4v) is 0.752. The summed E-state index contributed by atoms with van der Waals surface area (Å²) in [5, 5.41) is 0. The zero-order valence-electron chi connectivity index (χ0n) is 6.24. The van der Waals surface area contributed by atoms with E-state index in [9.17, 15) is 13.2 Å². The van der Waals surface area contributed by atoms with Crippen molar-refractivity contribution in [3.63, 3.8) is 0 Å². The Bertz CT molecular complexity index is 239. The smallest absolute Gasteiger partial charge is 0.331 e. The van der Waals surface area contributed by atoms with Gasteiger partial charge in [-0.1, -0.05) is 13.5 Å². The lowest BCUT2D eigenvalue weighted by molar-refractivity contribution is -0.135. The Morgan fingerprint density at radius 1 is 1.64 bits per heavy atom. The largest absolute Gasteiger partial charge is 0.446 e. The van der Waals surface area contributed by atoms with Crippen molar-refractivity contribution in [1.82, 2.24) is 0 Å². The van der Waals surface area contributed by atoms with E-state index in [4.69, 9.17) is 0 Å². The molecule has 4 nitrogen and oxygen atoms in total. The fourth-order valence-electron chi connectivity index (χ4n) is 0.290. The summed E-state index contributed by atoms with van der Waals surface area (Å²) in [5.74, 6) is -1.31. The van der Waals surface area contributed by atoms with Gasteiger partial charge in [-0.3, -0.25) is 0 Å². The first-order valence-electron chi connectivity index (χ1n) is 3.01. The first-order valence-corrected chi connectivity index (χ1v) is 4.83.